The van der Waals surface area contributed by atoms with Crippen molar-refractivity contribution in [2.45, 2.75) is 354 Å². The number of nitrogens with zero attached hydrogens (tertiary/aromatic N) is 1. The third kappa shape index (κ3) is 75.7. The predicted octanol–water partition coefficient (Wildman–Crippen LogP) is 25.6. The fourth-order valence-corrected chi connectivity index (χ4v) is 11.7. The van der Waals surface area contributed by atoms with Gasteiger partial charge in [0.05, 0.1) is 27.7 Å². The molecule has 0 bridgehead atoms. The zero-order valence-electron chi connectivity index (χ0n) is 60.8. The van der Waals surface area contributed by atoms with E-state index in [0.717, 1.165) is 109 Å². The summed E-state index contributed by atoms with van der Waals surface area (Å²) >= 11 is 0. The number of carbonyl (C=O) groups excluding carboxylic acids is 2. The third-order valence-corrected chi connectivity index (χ3v) is 17.8. The van der Waals surface area contributed by atoms with Crippen LogP contribution in [0.1, 0.15) is 348 Å². The SMILES string of the molecule is CC/C=C\C/C=C\C/C=C\C/C=C\C/C=C\C/C=C\C/C=C\C/C=C\C/C=C\CCCCCCCC(=O)OC(COC(=O)CCCCCCCCCCCCCCCCCCCCCCCCCCCCCCCCCCCCC)COP(=O)(O)OCC[N+](C)(C)C. The van der Waals surface area contributed by atoms with Crippen molar-refractivity contribution in [3.05, 3.63) is 109 Å². The number of ether oxygens (including phenoxy) is 2. The van der Waals surface area contributed by atoms with Crippen LogP contribution in [0.15, 0.2) is 109 Å². The molecule has 0 saturated carbocycles. The number of phosphoric ester groups is 1. The van der Waals surface area contributed by atoms with Gasteiger partial charge in [0.25, 0.3) is 0 Å². The Labute approximate surface area is 569 Å². The van der Waals surface area contributed by atoms with Crippen molar-refractivity contribution in [3.63, 3.8) is 0 Å². The summed E-state index contributed by atoms with van der Waals surface area (Å²) in [6.45, 7) is 4.34. The normalized spacial score (nSPS) is 13.7. The molecule has 1 N–H and O–H groups in total. The molecule has 0 amide bonds. The number of phosphoric acid groups is 1. The Bertz CT molecular complexity index is 1920. The van der Waals surface area contributed by atoms with Crippen LogP contribution in [0, 0.1) is 0 Å². The van der Waals surface area contributed by atoms with Gasteiger partial charge < -0.3 is 18.9 Å². The van der Waals surface area contributed by atoms with E-state index in [0.29, 0.717) is 17.4 Å². The third-order valence-electron chi connectivity index (χ3n) is 16.8. The van der Waals surface area contributed by atoms with Gasteiger partial charge in [0.15, 0.2) is 6.10 Å². The van der Waals surface area contributed by atoms with E-state index in [-0.39, 0.29) is 32.0 Å². The van der Waals surface area contributed by atoms with Crippen molar-refractivity contribution in [1.82, 2.24) is 0 Å². The number of rotatable bonds is 71. The van der Waals surface area contributed by atoms with Gasteiger partial charge in [-0.05, 0) is 83.5 Å². The van der Waals surface area contributed by atoms with Crippen LogP contribution in [0.5, 0.6) is 0 Å². The zero-order chi connectivity index (χ0) is 66.9. The highest BCUT2D eigenvalue weighted by molar-refractivity contribution is 7.47. The van der Waals surface area contributed by atoms with Gasteiger partial charge >= 0.3 is 19.8 Å². The van der Waals surface area contributed by atoms with Gasteiger partial charge in [-0.3, -0.25) is 18.6 Å². The second-order valence-corrected chi connectivity index (χ2v) is 28.5. The molecule has 0 radical (unpaired) electrons. The number of quaternary nitrogens is 1. The number of hydrogen-bond acceptors (Lipinski definition) is 7. The van der Waals surface area contributed by atoms with Crippen LogP contribution in [-0.4, -0.2) is 74.9 Å². The maximum absolute atomic E-state index is 12.9. The molecule has 0 aliphatic rings. The highest BCUT2D eigenvalue weighted by atomic mass is 31.2. The van der Waals surface area contributed by atoms with Gasteiger partial charge in [-0.2, -0.15) is 0 Å². The lowest BCUT2D eigenvalue weighted by atomic mass is 10.0. The summed E-state index contributed by atoms with van der Waals surface area (Å²) in [6.07, 6.45) is 102. The van der Waals surface area contributed by atoms with E-state index < -0.39 is 26.5 Å². The first kappa shape index (κ1) is 88.7. The molecular weight excluding hydrogens is 1160 g/mol. The van der Waals surface area contributed by atoms with Crippen molar-refractivity contribution in [3.8, 4) is 0 Å². The fourth-order valence-electron chi connectivity index (χ4n) is 11.0. The Balaban J connectivity index is 4.04. The minimum absolute atomic E-state index is 0.0237. The maximum Gasteiger partial charge on any atom is 0.472 e. The van der Waals surface area contributed by atoms with Gasteiger partial charge in [0, 0.05) is 12.8 Å². The quantitative estimate of drug-likeness (QED) is 0.0211. The molecule has 0 heterocycles. The van der Waals surface area contributed by atoms with E-state index in [1.807, 2.05) is 21.1 Å². The van der Waals surface area contributed by atoms with E-state index >= 15 is 0 Å². The molecule has 532 valence electrons. The first-order chi connectivity index (χ1) is 45.0. The van der Waals surface area contributed by atoms with Gasteiger partial charge in [-0.1, -0.05) is 361 Å². The highest BCUT2D eigenvalue weighted by Crippen LogP contribution is 2.43. The average Bonchev–Trinajstić information content (AvgIpc) is 2.23. The Morgan fingerprint density at radius 3 is 0.924 bits per heavy atom. The molecular formula is C82H147NO8P+. The molecule has 9 nitrogen and oxygen atoms in total. The van der Waals surface area contributed by atoms with Crippen LogP contribution < -0.4 is 0 Å². The molecule has 0 fully saturated rings. The molecule has 0 aliphatic carbocycles. The van der Waals surface area contributed by atoms with Crippen molar-refractivity contribution < 1.29 is 42.1 Å². The van der Waals surface area contributed by atoms with Crippen LogP contribution in [0.2, 0.25) is 0 Å². The number of allylic oxidation sites excluding steroid dienone is 18. The minimum atomic E-state index is -4.41. The van der Waals surface area contributed by atoms with Gasteiger partial charge in [0.1, 0.15) is 19.8 Å². The fraction of sp³-hybridized carbons (Fsp3) is 0.756. The molecule has 0 rings (SSSR count). The largest absolute Gasteiger partial charge is 0.472 e. The maximum atomic E-state index is 12.9. The lowest BCUT2D eigenvalue weighted by Crippen LogP contribution is -2.37. The number of hydrogen-bond donors (Lipinski definition) is 1. The molecule has 2 unspecified atom stereocenters. The molecule has 2 atom stereocenters. The standard InChI is InChI=1S/C82H146NO8P/c1-6-8-10-12-14-16-18-20-22-24-26-28-30-32-34-36-38-40-41-43-44-46-48-50-52-54-56-58-60-62-64-66-68-70-72-74-81(84)88-78-80(79-90-92(86,87)89-77-76-83(3,4)5)91-82(85)75-73-71-69-67-65-63-61-59-57-55-53-51-49-47-45-42-39-37-35-33-31-29-27-25-23-21-19-17-15-13-11-9-7-2/h9,11,15,17,21,23,27,29,33,35,39,42,47,49,53,55,59,61,80H,6-8,10,12-14,16,18-20,22,24-26,28,30-32,34,36-38,40-41,43-46,48,50-52,54,56-58,60,62-79H2,1-5H3/p+1/b11-9-,17-15-,23-21-,29-27-,35-33-,42-39-,49-47-,55-53-,61-59-. The monoisotopic (exact) mass is 1310 g/mol. The highest BCUT2D eigenvalue weighted by Gasteiger charge is 2.27. The Kier molecular flexibility index (Phi) is 69.3. The van der Waals surface area contributed by atoms with Gasteiger partial charge in [0.2, 0.25) is 0 Å². The van der Waals surface area contributed by atoms with Crippen molar-refractivity contribution in [2.75, 3.05) is 47.5 Å². The summed E-state index contributed by atoms with van der Waals surface area (Å²) in [6, 6.07) is 0. The lowest BCUT2D eigenvalue weighted by Gasteiger charge is -2.24. The van der Waals surface area contributed by atoms with Gasteiger partial charge in [-0.15, -0.1) is 0 Å². The van der Waals surface area contributed by atoms with Crippen LogP contribution >= 0.6 is 7.82 Å². The molecule has 0 aliphatic heterocycles. The van der Waals surface area contributed by atoms with Crippen molar-refractivity contribution >= 4 is 19.8 Å². The smallest absolute Gasteiger partial charge is 0.462 e. The summed E-state index contributed by atoms with van der Waals surface area (Å²) in [4.78, 5) is 35.9. The van der Waals surface area contributed by atoms with E-state index in [1.54, 1.807) is 0 Å². The molecule has 92 heavy (non-hydrogen) atoms. The predicted molar refractivity (Wildman–Crippen MR) is 399 cm³/mol. The molecule has 0 saturated heterocycles. The molecule has 0 aromatic rings. The zero-order valence-corrected chi connectivity index (χ0v) is 61.7. The Morgan fingerprint density at radius 2 is 0.620 bits per heavy atom. The van der Waals surface area contributed by atoms with Crippen LogP contribution in [0.3, 0.4) is 0 Å². The molecule has 0 spiro atoms. The summed E-state index contributed by atoms with van der Waals surface area (Å²) < 4.78 is 34.8. The topological polar surface area (TPSA) is 108 Å². The van der Waals surface area contributed by atoms with Crippen LogP contribution in [0.25, 0.3) is 0 Å². The van der Waals surface area contributed by atoms with Crippen molar-refractivity contribution in [2.24, 2.45) is 0 Å². The van der Waals surface area contributed by atoms with Crippen LogP contribution in [0.4, 0.5) is 0 Å². The summed E-state index contributed by atoms with van der Waals surface area (Å²) in [5.41, 5.74) is 0. The second-order valence-electron chi connectivity index (χ2n) is 27.0. The van der Waals surface area contributed by atoms with Crippen molar-refractivity contribution in [1.29, 1.82) is 0 Å². The molecule has 10 heteroatoms. The average molecular weight is 1310 g/mol. The second kappa shape index (κ2) is 72.0. The lowest BCUT2D eigenvalue weighted by molar-refractivity contribution is -0.870. The first-order valence-electron chi connectivity index (χ1n) is 38.6. The summed E-state index contributed by atoms with van der Waals surface area (Å²) in [7, 11) is 1.46. The number of esters is 2. The number of carbonyl (C=O) groups is 2. The molecule has 0 aromatic carbocycles. The van der Waals surface area contributed by atoms with E-state index in [1.165, 1.54) is 205 Å². The number of unbranched alkanes of at least 4 members (excludes halogenated alkanes) is 39. The number of likely N-dealkylation sites (N-methyl/N-ethyl adjacent to an activating group) is 1. The van der Waals surface area contributed by atoms with E-state index in [4.69, 9.17) is 18.5 Å². The van der Waals surface area contributed by atoms with Gasteiger partial charge in [-0.25, -0.2) is 4.57 Å². The Morgan fingerprint density at radius 1 is 0.348 bits per heavy atom. The Hall–Kier alpha value is -3.33. The summed E-state index contributed by atoms with van der Waals surface area (Å²) in [5, 5.41) is 0. The molecule has 0 aromatic heterocycles. The van der Waals surface area contributed by atoms with E-state index in [2.05, 4.69) is 123 Å². The van der Waals surface area contributed by atoms with Crippen LogP contribution in [-0.2, 0) is 32.7 Å². The van der Waals surface area contributed by atoms with E-state index in [9.17, 15) is 19.0 Å². The first-order valence-corrected chi connectivity index (χ1v) is 40.1. The summed E-state index contributed by atoms with van der Waals surface area (Å²) in [5.74, 6) is -0.812. The minimum Gasteiger partial charge on any atom is -0.462 e.